The van der Waals surface area contributed by atoms with Crippen molar-refractivity contribution in [3.63, 3.8) is 0 Å². The highest BCUT2D eigenvalue weighted by Crippen LogP contribution is 2.30. The minimum atomic E-state index is -0.792. The second-order valence-corrected chi connectivity index (χ2v) is 5.37. The number of halogens is 3. The monoisotopic (exact) mass is 337 g/mol. The lowest BCUT2D eigenvalue weighted by Crippen LogP contribution is -2.12. The van der Waals surface area contributed by atoms with Gasteiger partial charge in [-0.25, -0.2) is 8.78 Å². The summed E-state index contributed by atoms with van der Waals surface area (Å²) in [6.45, 7) is 0. The Morgan fingerprint density at radius 3 is 2.60 bits per heavy atom. The number of furan rings is 1. The van der Waals surface area contributed by atoms with Crippen molar-refractivity contribution < 1.29 is 13.2 Å². The van der Waals surface area contributed by atoms with Gasteiger partial charge in [0.25, 0.3) is 0 Å². The van der Waals surface area contributed by atoms with Crippen LogP contribution in [0.3, 0.4) is 0 Å². The lowest BCUT2D eigenvalue weighted by Gasteiger charge is -2.10. The minimum Gasteiger partial charge on any atom is -0.456 e. The van der Waals surface area contributed by atoms with Gasteiger partial charge in [-0.3, -0.25) is 0 Å². The van der Waals surface area contributed by atoms with E-state index in [0.29, 0.717) is 21.2 Å². The summed E-state index contributed by atoms with van der Waals surface area (Å²) in [6.07, 6.45) is 0. The Labute approximate surface area is 122 Å². The summed E-state index contributed by atoms with van der Waals surface area (Å²) < 4.78 is 33.6. The molecule has 0 saturated heterocycles. The Bertz CT molecular complexity index is 785. The quantitative estimate of drug-likeness (QED) is 0.746. The molecule has 3 aromatic rings. The average molecular weight is 338 g/mol. The van der Waals surface area contributed by atoms with E-state index in [0.717, 1.165) is 0 Å². The third-order valence-corrected chi connectivity index (χ3v) is 3.61. The van der Waals surface area contributed by atoms with Crippen LogP contribution in [0.4, 0.5) is 8.78 Å². The van der Waals surface area contributed by atoms with E-state index in [1.54, 1.807) is 30.3 Å². The molecule has 0 radical (unpaired) electrons. The van der Waals surface area contributed by atoms with Crippen LogP contribution in [0.15, 0.2) is 51.4 Å². The summed E-state index contributed by atoms with van der Waals surface area (Å²) in [4.78, 5) is 0. The zero-order chi connectivity index (χ0) is 14.3. The average Bonchev–Trinajstić information content (AvgIpc) is 2.86. The number of benzene rings is 2. The molecule has 0 aliphatic heterocycles. The first-order valence-electron chi connectivity index (χ1n) is 5.95. The van der Waals surface area contributed by atoms with E-state index in [-0.39, 0.29) is 5.58 Å². The molecule has 1 unspecified atom stereocenters. The second-order valence-electron chi connectivity index (χ2n) is 4.45. The Kier molecular flexibility index (Phi) is 3.31. The third kappa shape index (κ3) is 2.23. The fourth-order valence-corrected chi connectivity index (χ4v) is 2.49. The molecule has 0 saturated carbocycles. The summed E-state index contributed by atoms with van der Waals surface area (Å²) in [5.74, 6) is -0.570. The van der Waals surface area contributed by atoms with E-state index in [4.69, 9.17) is 10.2 Å². The van der Waals surface area contributed by atoms with Crippen molar-refractivity contribution in [3.05, 3.63) is 69.9 Å². The van der Waals surface area contributed by atoms with Gasteiger partial charge in [-0.2, -0.15) is 0 Å². The second kappa shape index (κ2) is 5.00. The molecule has 0 fully saturated rings. The predicted octanol–water partition coefficient (Wildman–Crippen LogP) is 4.52. The number of hydrogen-bond acceptors (Lipinski definition) is 2. The molecular weight excluding hydrogens is 328 g/mol. The fraction of sp³-hybridized carbons (Fsp3) is 0.0667. The van der Waals surface area contributed by atoms with Crippen LogP contribution >= 0.6 is 15.9 Å². The molecule has 1 aromatic heterocycles. The molecule has 0 amide bonds. The molecule has 0 bridgehead atoms. The molecule has 1 heterocycles. The molecule has 2 aromatic carbocycles. The van der Waals surface area contributed by atoms with Gasteiger partial charge in [0.1, 0.15) is 11.6 Å². The van der Waals surface area contributed by atoms with Gasteiger partial charge in [0.05, 0.1) is 6.04 Å². The van der Waals surface area contributed by atoms with E-state index in [9.17, 15) is 8.78 Å². The van der Waals surface area contributed by atoms with E-state index < -0.39 is 17.7 Å². The molecule has 2 nitrogen and oxygen atoms in total. The predicted molar refractivity (Wildman–Crippen MR) is 76.3 cm³/mol. The molecule has 3 rings (SSSR count). The minimum absolute atomic E-state index is 0.133. The van der Waals surface area contributed by atoms with Gasteiger partial charge in [0.2, 0.25) is 0 Å². The fourth-order valence-electron chi connectivity index (χ4n) is 2.11. The van der Waals surface area contributed by atoms with E-state index in [1.165, 1.54) is 12.1 Å². The van der Waals surface area contributed by atoms with Gasteiger partial charge in [0.15, 0.2) is 11.4 Å². The highest BCUT2D eigenvalue weighted by molar-refractivity contribution is 9.10. The summed E-state index contributed by atoms with van der Waals surface area (Å²) in [5.41, 5.74) is 6.45. The van der Waals surface area contributed by atoms with Crippen LogP contribution in [-0.4, -0.2) is 0 Å². The summed E-state index contributed by atoms with van der Waals surface area (Å²) in [6, 6.07) is 9.94. The van der Waals surface area contributed by atoms with Crippen LogP contribution in [0, 0.1) is 11.6 Å². The Morgan fingerprint density at radius 1 is 1.05 bits per heavy atom. The van der Waals surface area contributed by atoms with Gasteiger partial charge >= 0.3 is 0 Å². The zero-order valence-corrected chi connectivity index (χ0v) is 11.8. The number of rotatable bonds is 2. The SMILES string of the molecule is NC(c1cc2cccc(F)c2o1)c1cc(Br)ccc1F. The largest absolute Gasteiger partial charge is 0.456 e. The summed E-state index contributed by atoms with van der Waals surface area (Å²) in [7, 11) is 0. The van der Waals surface area contributed by atoms with Gasteiger partial charge in [-0.1, -0.05) is 28.1 Å². The lowest BCUT2D eigenvalue weighted by atomic mass is 10.0. The summed E-state index contributed by atoms with van der Waals surface area (Å²) >= 11 is 3.27. The Morgan fingerprint density at radius 2 is 1.85 bits per heavy atom. The first kappa shape index (κ1) is 13.3. The normalized spacial score (nSPS) is 12.8. The number of hydrogen-bond donors (Lipinski definition) is 1. The van der Waals surface area contributed by atoms with Crippen molar-refractivity contribution in [2.75, 3.05) is 0 Å². The van der Waals surface area contributed by atoms with Crippen molar-refractivity contribution in [2.24, 2.45) is 5.73 Å². The van der Waals surface area contributed by atoms with Crippen LogP contribution in [0.2, 0.25) is 0 Å². The van der Waals surface area contributed by atoms with Crippen molar-refractivity contribution >= 4 is 26.9 Å². The Hall–Kier alpha value is -1.72. The van der Waals surface area contributed by atoms with Gasteiger partial charge in [0, 0.05) is 15.4 Å². The van der Waals surface area contributed by atoms with Crippen LogP contribution in [-0.2, 0) is 0 Å². The van der Waals surface area contributed by atoms with Gasteiger partial charge in [-0.15, -0.1) is 0 Å². The van der Waals surface area contributed by atoms with E-state index in [2.05, 4.69) is 15.9 Å². The number of para-hydroxylation sites is 1. The molecule has 0 aliphatic rings. The maximum absolute atomic E-state index is 13.8. The zero-order valence-electron chi connectivity index (χ0n) is 10.2. The van der Waals surface area contributed by atoms with E-state index >= 15 is 0 Å². The molecule has 0 aliphatic carbocycles. The van der Waals surface area contributed by atoms with Gasteiger partial charge < -0.3 is 10.2 Å². The van der Waals surface area contributed by atoms with Crippen molar-refractivity contribution in [1.82, 2.24) is 0 Å². The highest BCUT2D eigenvalue weighted by atomic mass is 79.9. The molecular formula is C15H10BrF2NO. The lowest BCUT2D eigenvalue weighted by molar-refractivity contribution is 0.492. The Balaban J connectivity index is 2.10. The first-order valence-corrected chi connectivity index (χ1v) is 6.74. The number of fused-ring (bicyclic) bond motifs is 1. The molecule has 2 N–H and O–H groups in total. The smallest absolute Gasteiger partial charge is 0.169 e. The first-order chi connectivity index (χ1) is 9.56. The molecule has 0 spiro atoms. The number of nitrogens with two attached hydrogens (primary N) is 1. The van der Waals surface area contributed by atoms with Crippen LogP contribution in [0.5, 0.6) is 0 Å². The van der Waals surface area contributed by atoms with Crippen LogP contribution < -0.4 is 5.73 Å². The van der Waals surface area contributed by atoms with Crippen molar-refractivity contribution in [1.29, 1.82) is 0 Å². The van der Waals surface area contributed by atoms with Crippen LogP contribution in [0.25, 0.3) is 11.0 Å². The summed E-state index contributed by atoms with van der Waals surface area (Å²) in [5, 5.41) is 0.603. The molecule has 20 heavy (non-hydrogen) atoms. The van der Waals surface area contributed by atoms with Crippen molar-refractivity contribution in [2.45, 2.75) is 6.04 Å². The van der Waals surface area contributed by atoms with E-state index in [1.807, 2.05) is 0 Å². The van der Waals surface area contributed by atoms with Crippen LogP contribution in [0.1, 0.15) is 17.4 Å². The van der Waals surface area contributed by atoms with Crippen molar-refractivity contribution in [3.8, 4) is 0 Å². The maximum Gasteiger partial charge on any atom is 0.169 e. The third-order valence-electron chi connectivity index (χ3n) is 3.11. The molecule has 102 valence electrons. The molecule has 5 heteroatoms. The molecule has 1 atom stereocenters. The topological polar surface area (TPSA) is 39.2 Å². The van der Waals surface area contributed by atoms with Gasteiger partial charge in [-0.05, 0) is 30.3 Å². The maximum atomic E-state index is 13.8. The highest BCUT2D eigenvalue weighted by Gasteiger charge is 2.19. The standard InChI is InChI=1S/C15H10BrF2NO/c16-9-4-5-11(17)10(7-9)14(19)13-6-8-2-1-3-12(18)15(8)20-13/h1-7,14H,19H2.